The third-order valence-corrected chi connectivity index (χ3v) is 6.20. The van der Waals surface area contributed by atoms with Crippen molar-refractivity contribution < 1.29 is 32.5 Å². The van der Waals surface area contributed by atoms with Crippen LogP contribution in [0.2, 0.25) is 0 Å². The van der Waals surface area contributed by atoms with Gasteiger partial charge in [0.05, 0.1) is 19.8 Å². The Morgan fingerprint density at radius 1 is 0.974 bits per heavy atom. The molecule has 0 bridgehead atoms. The standard InChI is InChI=1S/C26H28F3N5O4/c1-37-22-13-18(17-4-3-5-19(35)12-17)14-23(38-2)20(22)15-33-8-10-34(11-9-33)24-7-6-21(31-32-24)25(36)30-16-26(27,28)29/h3-7,12-14,35H,8-11,15-16H2,1-2H3,(H,30,36). The first-order valence-corrected chi connectivity index (χ1v) is 11.9. The van der Waals surface area contributed by atoms with E-state index >= 15 is 0 Å². The van der Waals surface area contributed by atoms with E-state index in [-0.39, 0.29) is 11.4 Å². The van der Waals surface area contributed by atoms with E-state index in [2.05, 4.69) is 15.1 Å². The number of aromatic nitrogens is 2. The highest BCUT2D eigenvalue weighted by atomic mass is 19.4. The van der Waals surface area contributed by atoms with E-state index in [1.807, 2.05) is 23.1 Å². The summed E-state index contributed by atoms with van der Waals surface area (Å²) in [6, 6.07) is 13.8. The molecule has 2 N–H and O–H groups in total. The average Bonchev–Trinajstić information content (AvgIpc) is 2.92. The fourth-order valence-corrected chi connectivity index (χ4v) is 4.24. The zero-order chi connectivity index (χ0) is 27.3. The van der Waals surface area contributed by atoms with Crippen LogP contribution < -0.4 is 19.7 Å². The molecule has 0 atom stereocenters. The second-order valence-electron chi connectivity index (χ2n) is 8.75. The lowest BCUT2D eigenvalue weighted by molar-refractivity contribution is -0.123. The number of methoxy groups -OCH3 is 2. The molecule has 202 valence electrons. The Bertz CT molecular complexity index is 1240. The van der Waals surface area contributed by atoms with Crippen LogP contribution in [-0.2, 0) is 6.54 Å². The molecule has 1 amide bonds. The molecule has 12 heteroatoms. The van der Waals surface area contributed by atoms with Crippen molar-refractivity contribution in [3.8, 4) is 28.4 Å². The number of nitrogens with zero attached hydrogens (tertiary/aromatic N) is 4. The number of aromatic hydroxyl groups is 1. The number of phenolic OH excluding ortho intramolecular Hbond substituents is 1. The van der Waals surface area contributed by atoms with Gasteiger partial charge in [0, 0.05) is 32.7 Å². The predicted molar refractivity (Wildman–Crippen MR) is 135 cm³/mol. The number of phenols is 1. The third-order valence-electron chi connectivity index (χ3n) is 6.20. The van der Waals surface area contributed by atoms with Crippen molar-refractivity contribution in [1.82, 2.24) is 20.4 Å². The molecule has 4 rings (SSSR count). The van der Waals surface area contributed by atoms with Gasteiger partial charge in [0.1, 0.15) is 23.8 Å². The summed E-state index contributed by atoms with van der Waals surface area (Å²) >= 11 is 0. The molecule has 0 saturated carbocycles. The van der Waals surface area contributed by atoms with Crippen molar-refractivity contribution in [2.24, 2.45) is 0 Å². The summed E-state index contributed by atoms with van der Waals surface area (Å²) in [5, 5.41) is 19.5. The lowest BCUT2D eigenvalue weighted by Gasteiger charge is -2.35. The van der Waals surface area contributed by atoms with Gasteiger partial charge in [0.15, 0.2) is 11.5 Å². The van der Waals surface area contributed by atoms with E-state index in [1.165, 1.54) is 6.07 Å². The van der Waals surface area contributed by atoms with E-state index < -0.39 is 18.6 Å². The molecule has 1 aromatic heterocycles. The summed E-state index contributed by atoms with van der Waals surface area (Å²) in [5.74, 6) is 1.14. The molecule has 0 unspecified atom stereocenters. The maximum Gasteiger partial charge on any atom is 0.405 e. The van der Waals surface area contributed by atoms with Crippen molar-refractivity contribution in [3.05, 3.63) is 59.8 Å². The van der Waals surface area contributed by atoms with Crippen LogP contribution in [0, 0.1) is 0 Å². The lowest BCUT2D eigenvalue weighted by Crippen LogP contribution is -2.46. The molecular formula is C26H28F3N5O4. The first-order chi connectivity index (χ1) is 18.2. The molecule has 38 heavy (non-hydrogen) atoms. The molecule has 2 heterocycles. The summed E-state index contributed by atoms with van der Waals surface area (Å²) in [4.78, 5) is 16.1. The number of ether oxygens (including phenoxy) is 2. The minimum absolute atomic E-state index is 0.173. The highest BCUT2D eigenvalue weighted by Gasteiger charge is 2.28. The van der Waals surface area contributed by atoms with Gasteiger partial charge in [-0.2, -0.15) is 13.2 Å². The topological polar surface area (TPSA) is 100 Å². The summed E-state index contributed by atoms with van der Waals surface area (Å²) in [6.45, 7) is 1.85. The number of carbonyl (C=O) groups excluding carboxylic acids is 1. The smallest absolute Gasteiger partial charge is 0.405 e. The number of carbonyl (C=O) groups is 1. The van der Waals surface area contributed by atoms with Crippen LogP contribution in [0.15, 0.2) is 48.5 Å². The van der Waals surface area contributed by atoms with Crippen LogP contribution in [0.4, 0.5) is 19.0 Å². The van der Waals surface area contributed by atoms with Crippen molar-refractivity contribution in [2.75, 3.05) is 51.8 Å². The van der Waals surface area contributed by atoms with Gasteiger partial charge in [-0.05, 0) is 47.5 Å². The maximum atomic E-state index is 12.3. The number of rotatable bonds is 8. The van der Waals surface area contributed by atoms with Crippen LogP contribution in [0.3, 0.4) is 0 Å². The molecule has 1 saturated heterocycles. The second-order valence-corrected chi connectivity index (χ2v) is 8.75. The Labute approximate surface area is 217 Å². The third kappa shape index (κ3) is 6.62. The first-order valence-electron chi connectivity index (χ1n) is 11.9. The number of hydrogen-bond donors (Lipinski definition) is 2. The van der Waals surface area contributed by atoms with Gasteiger partial charge in [-0.1, -0.05) is 12.1 Å². The first kappa shape index (κ1) is 27.0. The fourth-order valence-electron chi connectivity index (χ4n) is 4.24. The molecular weight excluding hydrogens is 503 g/mol. The Hall–Kier alpha value is -4.06. The predicted octanol–water partition coefficient (Wildman–Crippen LogP) is 3.48. The Morgan fingerprint density at radius 3 is 2.21 bits per heavy atom. The number of anilines is 1. The minimum atomic E-state index is -4.50. The molecule has 1 fully saturated rings. The maximum absolute atomic E-state index is 12.3. The van der Waals surface area contributed by atoms with Gasteiger partial charge in [-0.15, -0.1) is 10.2 Å². The van der Waals surface area contributed by atoms with Crippen LogP contribution in [-0.4, -0.2) is 79.2 Å². The number of alkyl halides is 3. The van der Waals surface area contributed by atoms with Crippen molar-refractivity contribution in [3.63, 3.8) is 0 Å². The number of benzene rings is 2. The highest BCUT2D eigenvalue weighted by molar-refractivity contribution is 5.92. The number of piperazine rings is 1. The van der Waals surface area contributed by atoms with E-state index in [0.717, 1.165) is 16.7 Å². The average molecular weight is 532 g/mol. The van der Waals surface area contributed by atoms with Gasteiger partial charge in [-0.3, -0.25) is 9.69 Å². The molecule has 3 aromatic rings. The molecule has 0 spiro atoms. The monoisotopic (exact) mass is 531 g/mol. The number of amides is 1. The normalized spacial score (nSPS) is 14.3. The van der Waals surface area contributed by atoms with E-state index in [4.69, 9.17) is 9.47 Å². The highest BCUT2D eigenvalue weighted by Crippen LogP contribution is 2.37. The van der Waals surface area contributed by atoms with Crippen molar-refractivity contribution in [2.45, 2.75) is 12.7 Å². The van der Waals surface area contributed by atoms with Gasteiger partial charge in [0.25, 0.3) is 5.91 Å². The molecule has 2 aromatic carbocycles. The molecule has 1 aliphatic rings. The largest absolute Gasteiger partial charge is 0.508 e. The van der Waals surface area contributed by atoms with Gasteiger partial charge in [-0.25, -0.2) is 0 Å². The lowest BCUT2D eigenvalue weighted by atomic mass is 10.0. The summed E-state index contributed by atoms with van der Waals surface area (Å²) in [7, 11) is 3.21. The van der Waals surface area contributed by atoms with Crippen LogP contribution in [0.25, 0.3) is 11.1 Å². The summed E-state index contributed by atoms with van der Waals surface area (Å²) in [5.41, 5.74) is 2.43. The molecule has 9 nitrogen and oxygen atoms in total. The zero-order valence-electron chi connectivity index (χ0n) is 21.0. The minimum Gasteiger partial charge on any atom is -0.508 e. The Kier molecular flexibility index (Phi) is 8.20. The van der Waals surface area contributed by atoms with Crippen LogP contribution in [0.1, 0.15) is 16.1 Å². The van der Waals surface area contributed by atoms with Gasteiger partial charge in [0.2, 0.25) is 0 Å². The van der Waals surface area contributed by atoms with E-state index in [9.17, 15) is 23.1 Å². The molecule has 0 aliphatic carbocycles. The van der Waals surface area contributed by atoms with Crippen molar-refractivity contribution >= 4 is 11.7 Å². The van der Waals surface area contributed by atoms with Crippen LogP contribution >= 0.6 is 0 Å². The Balaban J connectivity index is 1.39. The SMILES string of the molecule is COc1cc(-c2cccc(O)c2)cc(OC)c1CN1CCN(c2ccc(C(=O)NCC(F)(F)F)nn2)CC1. The fraction of sp³-hybridized carbons (Fsp3) is 0.346. The zero-order valence-corrected chi connectivity index (χ0v) is 21.0. The van der Waals surface area contributed by atoms with Crippen LogP contribution in [0.5, 0.6) is 17.2 Å². The van der Waals surface area contributed by atoms with Crippen molar-refractivity contribution in [1.29, 1.82) is 0 Å². The van der Waals surface area contributed by atoms with E-state index in [0.29, 0.717) is 50.0 Å². The Morgan fingerprint density at radius 2 is 1.66 bits per heavy atom. The van der Waals surface area contributed by atoms with E-state index in [1.54, 1.807) is 43.8 Å². The number of halogens is 3. The quantitative estimate of drug-likeness (QED) is 0.456. The van der Waals surface area contributed by atoms with Gasteiger partial charge < -0.3 is 24.8 Å². The summed E-state index contributed by atoms with van der Waals surface area (Å²) in [6.07, 6.45) is -4.50. The molecule has 0 radical (unpaired) electrons. The molecule has 1 aliphatic heterocycles. The summed E-state index contributed by atoms with van der Waals surface area (Å²) < 4.78 is 48.3. The number of nitrogens with one attached hydrogen (secondary N) is 1. The van der Waals surface area contributed by atoms with Gasteiger partial charge >= 0.3 is 6.18 Å². The number of hydrogen-bond acceptors (Lipinski definition) is 8. The second kappa shape index (κ2) is 11.5.